The fourth-order valence-corrected chi connectivity index (χ4v) is 7.30. The third-order valence-electron chi connectivity index (χ3n) is 10.6. The highest BCUT2D eigenvalue weighted by Gasteiger charge is 2.30. The number of halogens is 5. The number of carboxylic acid groups (broad SMARTS) is 1. The lowest BCUT2D eigenvalue weighted by Gasteiger charge is -2.19. The molecule has 0 bridgehead atoms. The van der Waals surface area contributed by atoms with E-state index in [0.717, 1.165) is 16.7 Å². The van der Waals surface area contributed by atoms with Gasteiger partial charge in [-0.05, 0) is 96.1 Å². The molecule has 16 nitrogen and oxygen atoms in total. The van der Waals surface area contributed by atoms with Crippen LogP contribution in [-0.4, -0.2) is 86.8 Å². The summed E-state index contributed by atoms with van der Waals surface area (Å²) in [7, 11) is 3.00. The molecule has 4 amide bonds. The van der Waals surface area contributed by atoms with E-state index in [2.05, 4.69) is 14.9 Å². The van der Waals surface area contributed by atoms with Gasteiger partial charge in [0.1, 0.15) is 0 Å². The fraction of sp³-hybridized carbons (Fsp3) is 0.0833. The number of esters is 1. The maximum atomic E-state index is 13.2. The number of nitrogens with zero attached hydrogens (tertiary/aromatic N) is 6. The van der Waals surface area contributed by atoms with Crippen molar-refractivity contribution in [3.8, 4) is 22.3 Å². The quantitative estimate of drug-likeness (QED) is 0.105. The predicted octanol–water partition coefficient (Wildman–Crippen LogP) is 8.48. The Morgan fingerprint density at radius 2 is 1.01 bits per heavy atom. The fourth-order valence-electron chi connectivity index (χ4n) is 6.91. The summed E-state index contributed by atoms with van der Waals surface area (Å²) in [5.74, 6) is -4.30. The van der Waals surface area contributed by atoms with E-state index in [-0.39, 0.29) is 38.3 Å². The molecule has 0 aliphatic carbocycles. The van der Waals surface area contributed by atoms with Gasteiger partial charge in [0.2, 0.25) is 11.8 Å². The number of carbonyl (C=O) groups excluding carboxylic acids is 5. The molecule has 0 radical (unpaired) electrons. The Bertz CT molecular complexity index is 3340. The average Bonchev–Trinajstić information content (AvgIpc) is 3.97. The zero-order valence-electron chi connectivity index (χ0n) is 35.9. The normalized spacial score (nSPS) is 11.1. The Hall–Kier alpha value is -8.55. The molecule has 4 aromatic heterocycles. The van der Waals surface area contributed by atoms with Crippen molar-refractivity contribution < 1.29 is 51.8 Å². The highest BCUT2D eigenvalue weighted by Crippen LogP contribution is 2.30. The molecular weight excluding hydrogens is 944 g/mol. The van der Waals surface area contributed by atoms with Crippen LogP contribution in [0.3, 0.4) is 0 Å². The average molecular weight is 980 g/mol. The third-order valence-corrected chi connectivity index (χ3v) is 11.3. The maximum Gasteiger partial charge on any atom is 0.422 e. The molecule has 4 aromatic carbocycles. The lowest BCUT2D eigenvalue weighted by atomic mass is 10.0. The molecule has 0 aliphatic rings. The first kappa shape index (κ1) is 48.4. The summed E-state index contributed by atoms with van der Waals surface area (Å²) in [5.41, 5.74) is 16.6. The standard InChI is InChI=1S/C25H18ClF3N4O4.C23H17ClN4O4/c1-32(17-6-7-20(26)18(11-17)24(36)37-13-25(27,28)29)23(35)16-8-9-33-21(10-16)19(12-31-33)14-2-4-15(5-3-14)22(30)34;1-27(16-6-7-19(24)17(11-16)23(31)32)22(30)15-8-9-28-20(10-15)18(12-26-28)13-2-4-14(5-3-13)21(25)29/h2-12H,13H2,1H3,(H2,30,34);2-12H,1H3,(H2,25,29)(H,31,32). The van der Waals surface area contributed by atoms with E-state index in [1.165, 1.54) is 47.2 Å². The summed E-state index contributed by atoms with van der Waals surface area (Å²) in [5, 5.41) is 17.9. The molecule has 0 atom stereocenters. The minimum absolute atomic E-state index is 0.0863. The molecule has 350 valence electrons. The number of fused-ring (bicyclic) bond motifs is 2. The predicted molar refractivity (Wildman–Crippen MR) is 250 cm³/mol. The van der Waals surface area contributed by atoms with Crippen molar-refractivity contribution in [2.45, 2.75) is 6.18 Å². The topological polar surface area (TPSA) is 225 Å². The number of carbonyl (C=O) groups is 6. The number of rotatable bonds is 11. The van der Waals surface area contributed by atoms with Crippen molar-refractivity contribution in [1.29, 1.82) is 0 Å². The first-order valence-corrected chi connectivity index (χ1v) is 20.8. The van der Waals surface area contributed by atoms with Gasteiger partial charge in [0.05, 0.1) is 44.6 Å². The minimum atomic E-state index is -4.69. The molecule has 0 saturated heterocycles. The zero-order valence-corrected chi connectivity index (χ0v) is 37.5. The number of hydrogen-bond acceptors (Lipinski definition) is 9. The molecule has 0 unspecified atom stereocenters. The van der Waals surface area contributed by atoms with Crippen molar-refractivity contribution in [3.63, 3.8) is 0 Å². The van der Waals surface area contributed by atoms with Gasteiger partial charge in [-0.25, -0.2) is 18.6 Å². The van der Waals surface area contributed by atoms with Crippen molar-refractivity contribution in [3.05, 3.63) is 177 Å². The number of primary amides is 2. The Kier molecular flexibility index (Phi) is 13.8. The van der Waals surface area contributed by atoms with Crippen molar-refractivity contribution >= 4 is 81.2 Å². The molecule has 0 saturated carbocycles. The summed E-state index contributed by atoms with van der Waals surface area (Å²) in [6.45, 7) is -1.76. The van der Waals surface area contributed by atoms with Crippen LogP contribution in [0, 0.1) is 0 Å². The van der Waals surface area contributed by atoms with Crippen LogP contribution >= 0.6 is 23.2 Å². The van der Waals surface area contributed by atoms with Crippen LogP contribution in [0.4, 0.5) is 24.5 Å². The molecule has 69 heavy (non-hydrogen) atoms. The summed E-state index contributed by atoms with van der Waals surface area (Å²) < 4.78 is 44.8. The van der Waals surface area contributed by atoms with Crippen LogP contribution < -0.4 is 21.3 Å². The van der Waals surface area contributed by atoms with Crippen molar-refractivity contribution in [2.75, 3.05) is 30.5 Å². The van der Waals surface area contributed by atoms with E-state index < -0.39 is 42.4 Å². The van der Waals surface area contributed by atoms with E-state index in [0.29, 0.717) is 39.0 Å². The van der Waals surface area contributed by atoms with Crippen molar-refractivity contribution in [1.82, 2.24) is 19.2 Å². The number of ether oxygens (including phenoxy) is 1. The summed E-state index contributed by atoms with van der Waals surface area (Å²) in [6, 6.07) is 28.2. The number of anilines is 2. The molecule has 0 aliphatic heterocycles. The summed E-state index contributed by atoms with van der Waals surface area (Å²) >= 11 is 11.9. The van der Waals surface area contributed by atoms with Crippen LogP contribution in [0.25, 0.3) is 33.3 Å². The highest BCUT2D eigenvalue weighted by molar-refractivity contribution is 6.34. The van der Waals surface area contributed by atoms with Gasteiger partial charge < -0.3 is 31.1 Å². The van der Waals surface area contributed by atoms with Crippen LogP contribution in [0.1, 0.15) is 62.1 Å². The Labute approximate surface area is 398 Å². The number of alkyl halides is 3. The highest BCUT2D eigenvalue weighted by atomic mass is 35.5. The molecule has 4 heterocycles. The van der Waals surface area contributed by atoms with E-state index in [4.69, 9.17) is 34.7 Å². The monoisotopic (exact) mass is 978 g/mol. The van der Waals surface area contributed by atoms with Gasteiger partial charge in [-0.15, -0.1) is 0 Å². The van der Waals surface area contributed by atoms with E-state index in [9.17, 15) is 47.0 Å². The number of aromatic carboxylic acids is 1. The lowest BCUT2D eigenvalue weighted by Crippen LogP contribution is -2.27. The second-order valence-electron chi connectivity index (χ2n) is 15.0. The van der Waals surface area contributed by atoms with E-state index >= 15 is 0 Å². The lowest BCUT2D eigenvalue weighted by molar-refractivity contribution is -0.161. The molecule has 0 fully saturated rings. The molecule has 8 aromatic rings. The maximum absolute atomic E-state index is 13.2. The molecule has 5 N–H and O–H groups in total. The van der Waals surface area contributed by atoms with E-state index in [1.54, 1.807) is 120 Å². The Morgan fingerprint density at radius 1 is 0.609 bits per heavy atom. The number of hydrogen-bond donors (Lipinski definition) is 3. The van der Waals surface area contributed by atoms with Gasteiger partial charge in [0, 0.05) is 71.2 Å². The number of carboxylic acids is 1. The number of amides is 4. The van der Waals surface area contributed by atoms with Gasteiger partial charge in [0.15, 0.2) is 6.61 Å². The smallest absolute Gasteiger partial charge is 0.422 e. The van der Waals surface area contributed by atoms with Gasteiger partial charge >= 0.3 is 18.1 Å². The minimum Gasteiger partial charge on any atom is -0.478 e. The second-order valence-corrected chi connectivity index (χ2v) is 15.9. The first-order valence-electron chi connectivity index (χ1n) is 20.1. The largest absolute Gasteiger partial charge is 0.478 e. The van der Waals surface area contributed by atoms with Crippen LogP contribution in [-0.2, 0) is 4.74 Å². The second kappa shape index (κ2) is 19.7. The SMILES string of the molecule is CN(C(=O)c1ccn2ncc(-c3ccc(C(N)=O)cc3)c2c1)c1ccc(Cl)c(C(=O)O)c1.CN(C(=O)c1ccn2ncc(-c3ccc(C(N)=O)cc3)c2c1)c1ccc(Cl)c(C(=O)OCC(F)(F)F)c1. The number of nitrogens with two attached hydrogens (primary N) is 2. The van der Waals surface area contributed by atoms with Crippen molar-refractivity contribution in [2.24, 2.45) is 11.5 Å². The third kappa shape index (κ3) is 10.7. The first-order chi connectivity index (χ1) is 32.7. The van der Waals surface area contributed by atoms with Crippen LogP contribution in [0.15, 0.2) is 134 Å². The number of aromatic nitrogens is 4. The Balaban J connectivity index is 0.000000206. The van der Waals surface area contributed by atoms with Gasteiger partial charge in [-0.2, -0.15) is 23.4 Å². The zero-order chi connectivity index (χ0) is 49.9. The van der Waals surface area contributed by atoms with Gasteiger partial charge in [-0.1, -0.05) is 47.5 Å². The van der Waals surface area contributed by atoms with Crippen LogP contribution in [0.5, 0.6) is 0 Å². The molecule has 8 rings (SSSR count). The molecule has 0 spiro atoms. The summed E-state index contributed by atoms with van der Waals surface area (Å²) in [6.07, 6.45) is 1.86. The van der Waals surface area contributed by atoms with Gasteiger partial charge in [0.25, 0.3) is 11.8 Å². The van der Waals surface area contributed by atoms with E-state index in [1.807, 2.05) is 0 Å². The molecular formula is C48H35Cl2F3N8O8. The number of pyridine rings is 2. The van der Waals surface area contributed by atoms with Crippen LogP contribution in [0.2, 0.25) is 10.0 Å². The molecule has 21 heteroatoms. The number of benzene rings is 4. The summed E-state index contributed by atoms with van der Waals surface area (Å²) in [4.78, 5) is 75.1. The van der Waals surface area contributed by atoms with Gasteiger partial charge in [-0.3, -0.25) is 19.2 Å². The Morgan fingerprint density at radius 3 is 1.41 bits per heavy atom.